The van der Waals surface area contributed by atoms with E-state index in [0.717, 1.165) is 21.9 Å². The first-order valence-corrected chi connectivity index (χ1v) is 9.95. The molecule has 1 N–H and O–H groups in total. The van der Waals surface area contributed by atoms with Crippen LogP contribution in [-0.2, 0) is 4.79 Å². The Kier molecular flexibility index (Phi) is 6.49. The summed E-state index contributed by atoms with van der Waals surface area (Å²) in [5.74, 6) is 1.11. The molecule has 0 aliphatic carbocycles. The van der Waals surface area contributed by atoms with E-state index in [0.29, 0.717) is 18.8 Å². The van der Waals surface area contributed by atoms with Crippen molar-refractivity contribution in [3.05, 3.63) is 48.0 Å². The lowest BCUT2D eigenvalue weighted by Gasteiger charge is -2.26. The average molecular weight is 403 g/mol. The van der Waals surface area contributed by atoms with E-state index < -0.39 is 11.4 Å². The molecule has 0 saturated carbocycles. The van der Waals surface area contributed by atoms with Crippen molar-refractivity contribution in [1.82, 2.24) is 4.90 Å². The molecule has 0 bridgehead atoms. The van der Waals surface area contributed by atoms with E-state index in [4.69, 9.17) is 9.47 Å². The molecular formula is C21H26N2O4S. The number of benzene rings is 2. The minimum Gasteiger partial charge on any atom is -0.497 e. The molecule has 3 rings (SSSR count). The molecule has 0 unspecified atom stereocenters. The van der Waals surface area contributed by atoms with Gasteiger partial charge in [0.25, 0.3) is 5.91 Å². The summed E-state index contributed by atoms with van der Waals surface area (Å²) in [4.78, 5) is 17.8. The molecule has 28 heavy (non-hydrogen) atoms. The smallest absolute Gasteiger partial charge is 0.257 e. The highest BCUT2D eigenvalue weighted by molar-refractivity contribution is 7.99. The number of aliphatic hydroxyl groups is 1. The first kappa shape index (κ1) is 20.5. The molecule has 2 aromatic rings. The third-order valence-electron chi connectivity index (χ3n) is 4.73. The summed E-state index contributed by atoms with van der Waals surface area (Å²) < 4.78 is 10.6. The van der Waals surface area contributed by atoms with E-state index in [2.05, 4.69) is 0 Å². The van der Waals surface area contributed by atoms with Gasteiger partial charge in [0.05, 0.1) is 25.2 Å². The van der Waals surface area contributed by atoms with E-state index >= 15 is 0 Å². The lowest BCUT2D eigenvalue weighted by Crippen LogP contribution is -2.43. The van der Waals surface area contributed by atoms with Crippen molar-refractivity contribution < 1.29 is 19.4 Å². The number of methoxy groups -OCH3 is 2. The van der Waals surface area contributed by atoms with Gasteiger partial charge in [-0.2, -0.15) is 0 Å². The summed E-state index contributed by atoms with van der Waals surface area (Å²) in [6.45, 7) is 1.17. The highest BCUT2D eigenvalue weighted by Gasteiger charge is 2.37. The maximum Gasteiger partial charge on any atom is 0.257 e. The van der Waals surface area contributed by atoms with Gasteiger partial charge in [-0.15, -0.1) is 11.8 Å². The first-order valence-electron chi connectivity index (χ1n) is 9.07. The Hall–Kier alpha value is -2.22. The number of rotatable bonds is 6. The fraction of sp³-hybridized carbons (Fsp3) is 0.381. The van der Waals surface area contributed by atoms with Crippen LogP contribution in [0.4, 0.5) is 5.69 Å². The van der Waals surface area contributed by atoms with Crippen molar-refractivity contribution in [2.24, 2.45) is 0 Å². The molecule has 150 valence electrons. The van der Waals surface area contributed by atoms with Crippen LogP contribution in [0.1, 0.15) is 10.8 Å². The standard InChI is InChI=1S/C21H26N2O4S/c1-22(2)11-12-23-17-13-16(27-4)9-10-18(17)28-20(19(24)21(23)25)14-5-7-15(26-3)8-6-14/h5-10,13,19-20,24H,11-12H2,1-4H3/t19-,20-/m1/s1. The molecule has 7 heteroatoms. The molecule has 2 aromatic carbocycles. The van der Waals surface area contributed by atoms with Crippen LogP contribution in [0.15, 0.2) is 47.4 Å². The summed E-state index contributed by atoms with van der Waals surface area (Å²) in [7, 11) is 7.13. The fourth-order valence-corrected chi connectivity index (χ4v) is 4.37. The van der Waals surface area contributed by atoms with Gasteiger partial charge in [0.2, 0.25) is 0 Å². The van der Waals surface area contributed by atoms with Crippen molar-refractivity contribution in [1.29, 1.82) is 0 Å². The predicted octanol–water partition coefficient (Wildman–Crippen LogP) is 2.81. The molecule has 0 aromatic heterocycles. The first-order chi connectivity index (χ1) is 13.4. The Morgan fingerprint density at radius 2 is 1.71 bits per heavy atom. The average Bonchev–Trinajstić information content (AvgIpc) is 2.81. The highest BCUT2D eigenvalue weighted by Crippen LogP contribution is 2.46. The lowest BCUT2D eigenvalue weighted by atomic mass is 10.1. The number of carbonyl (C=O) groups excluding carboxylic acids is 1. The monoisotopic (exact) mass is 402 g/mol. The third kappa shape index (κ3) is 4.27. The topological polar surface area (TPSA) is 62.2 Å². The Bertz CT molecular complexity index is 826. The Morgan fingerprint density at radius 1 is 1.07 bits per heavy atom. The number of amides is 1. The Balaban J connectivity index is 2.02. The van der Waals surface area contributed by atoms with Crippen LogP contribution in [-0.4, -0.2) is 63.4 Å². The number of thioether (sulfide) groups is 1. The quantitative estimate of drug-likeness (QED) is 0.802. The second kappa shape index (κ2) is 8.86. The molecule has 0 spiro atoms. The second-order valence-corrected chi connectivity index (χ2v) is 8.07. The normalized spacial score (nSPS) is 19.4. The van der Waals surface area contributed by atoms with Gasteiger partial charge in [0.1, 0.15) is 17.6 Å². The fourth-order valence-electron chi connectivity index (χ4n) is 3.12. The van der Waals surface area contributed by atoms with Gasteiger partial charge in [-0.1, -0.05) is 12.1 Å². The van der Waals surface area contributed by atoms with Gasteiger partial charge in [0.15, 0.2) is 0 Å². The van der Waals surface area contributed by atoms with Crippen molar-refractivity contribution in [2.45, 2.75) is 16.2 Å². The van der Waals surface area contributed by atoms with Crippen LogP contribution in [0, 0.1) is 0 Å². The summed E-state index contributed by atoms with van der Waals surface area (Å²) in [6.07, 6.45) is -1.15. The zero-order valence-corrected chi connectivity index (χ0v) is 17.4. The lowest BCUT2D eigenvalue weighted by molar-refractivity contribution is -0.126. The summed E-state index contributed by atoms with van der Waals surface area (Å²) in [6, 6.07) is 13.2. The molecule has 6 nitrogen and oxygen atoms in total. The van der Waals surface area contributed by atoms with Crippen LogP contribution in [0.25, 0.3) is 0 Å². The Labute approximate surface area is 170 Å². The highest BCUT2D eigenvalue weighted by atomic mass is 32.2. The molecule has 2 atom stereocenters. The number of hydrogen-bond donors (Lipinski definition) is 1. The van der Waals surface area contributed by atoms with Gasteiger partial charge in [0, 0.05) is 24.1 Å². The van der Waals surface area contributed by atoms with Crippen molar-refractivity contribution >= 4 is 23.4 Å². The van der Waals surface area contributed by atoms with E-state index in [-0.39, 0.29) is 5.91 Å². The molecule has 0 fully saturated rings. The molecule has 1 heterocycles. The van der Waals surface area contributed by atoms with Gasteiger partial charge < -0.3 is 24.4 Å². The second-order valence-electron chi connectivity index (χ2n) is 6.88. The Morgan fingerprint density at radius 3 is 2.32 bits per heavy atom. The maximum absolute atomic E-state index is 13.2. The minimum absolute atomic E-state index is 0.304. The van der Waals surface area contributed by atoms with Gasteiger partial charge >= 0.3 is 0 Å². The number of aliphatic hydroxyl groups excluding tert-OH is 1. The molecular weight excluding hydrogens is 376 g/mol. The van der Waals surface area contributed by atoms with Crippen molar-refractivity contribution in [2.75, 3.05) is 46.3 Å². The van der Waals surface area contributed by atoms with Crippen LogP contribution in [0.2, 0.25) is 0 Å². The van der Waals surface area contributed by atoms with Gasteiger partial charge in [-0.3, -0.25) is 4.79 Å². The van der Waals surface area contributed by atoms with Crippen molar-refractivity contribution in [3.8, 4) is 11.5 Å². The van der Waals surface area contributed by atoms with Gasteiger partial charge in [-0.05, 0) is 43.9 Å². The number of hydrogen-bond acceptors (Lipinski definition) is 6. The van der Waals surface area contributed by atoms with E-state index in [1.54, 1.807) is 19.1 Å². The largest absolute Gasteiger partial charge is 0.497 e. The number of nitrogens with zero attached hydrogens (tertiary/aromatic N) is 2. The van der Waals surface area contributed by atoms with E-state index in [1.165, 1.54) is 11.8 Å². The number of fused-ring (bicyclic) bond motifs is 1. The summed E-state index contributed by atoms with van der Waals surface area (Å²) in [5, 5.41) is 10.5. The summed E-state index contributed by atoms with van der Waals surface area (Å²) >= 11 is 1.49. The number of likely N-dealkylation sites (N-methyl/N-ethyl adjacent to an activating group) is 1. The summed E-state index contributed by atoms with van der Waals surface area (Å²) in [5.41, 5.74) is 1.65. The minimum atomic E-state index is -1.15. The maximum atomic E-state index is 13.2. The molecule has 1 aliphatic rings. The van der Waals surface area contributed by atoms with Crippen LogP contribution >= 0.6 is 11.8 Å². The van der Waals surface area contributed by atoms with Crippen LogP contribution < -0.4 is 14.4 Å². The SMILES string of the molecule is COc1ccc([C@H]2Sc3ccc(OC)cc3N(CCN(C)C)C(=O)[C@@H]2O)cc1. The zero-order chi connectivity index (χ0) is 20.3. The molecule has 0 radical (unpaired) electrons. The molecule has 0 saturated heterocycles. The van der Waals surface area contributed by atoms with E-state index in [1.807, 2.05) is 61.5 Å². The van der Waals surface area contributed by atoms with Gasteiger partial charge in [-0.25, -0.2) is 0 Å². The van der Waals surface area contributed by atoms with E-state index in [9.17, 15) is 9.90 Å². The van der Waals surface area contributed by atoms with Crippen molar-refractivity contribution in [3.63, 3.8) is 0 Å². The third-order valence-corrected chi connectivity index (χ3v) is 6.11. The number of anilines is 1. The molecule has 1 amide bonds. The molecule has 1 aliphatic heterocycles. The number of carbonyl (C=O) groups is 1. The van der Waals surface area contributed by atoms with Crippen LogP contribution in [0.5, 0.6) is 11.5 Å². The zero-order valence-electron chi connectivity index (χ0n) is 16.6. The predicted molar refractivity (Wildman–Crippen MR) is 111 cm³/mol. The van der Waals surface area contributed by atoms with Crippen LogP contribution in [0.3, 0.4) is 0 Å². The number of ether oxygens (including phenoxy) is 2.